The van der Waals surface area contributed by atoms with Gasteiger partial charge in [0.25, 0.3) is 5.69 Å². The molecule has 0 saturated heterocycles. The molecule has 17 heavy (non-hydrogen) atoms. The predicted octanol–water partition coefficient (Wildman–Crippen LogP) is 3.12. The highest BCUT2D eigenvalue weighted by molar-refractivity contribution is 5.34. The zero-order valence-corrected chi connectivity index (χ0v) is 10.6. The molecule has 0 saturated carbocycles. The van der Waals surface area contributed by atoms with Crippen LogP contribution in [0.3, 0.4) is 0 Å². The number of hydrogen-bond donors (Lipinski definition) is 1. The van der Waals surface area contributed by atoms with E-state index in [1.54, 1.807) is 12.1 Å². The number of rotatable bonds is 6. The van der Waals surface area contributed by atoms with Gasteiger partial charge in [-0.3, -0.25) is 10.1 Å². The van der Waals surface area contributed by atoms with Crippen LogP contribution in [0.15, 0.2) is 24.3 Å². The molecule has 0 aliphatic heterocycles. The number of nitro groups is 1. The Morgan fingerprint density at radius 2 is 2.12 bits per heavy atom. The topological polar surface area (TPSA) is 55.2 Å². The molecule has 4 nitrogen and oxygen atoms in total. The molecule has 0 aliphatic carbocycles. The van der Waals surface area contributed by atoms with Crippen molar-refractivity contribution in [3.05, 3.63) is 39.9 Å². The van der Waals surface area contributed by atoms with Gasteiger partial charge in [-0.05, 0) is 18.4 Å². The van der Waals surface area contributed by atoms with Gasteiger partial charge in [0.15, 0.2) is 0 Å². The van der Waals surface area contributed by atoms with E-state index in [0.29, 0.717) is 18.5 Å². The van der Waals surface area contributed by atoms with E-state index in [0.717, 1.165) is 12.0 Å². The average Bonchev–Trinajstić information content (AvgIpc) is 2.35. The molecule has 0 amide bonds. The number of hydrogen-bond acceptors (Lipinski definition) is 3. The fraction of sp³-hybridized carbons (Fsp3) is 0.538. The number of nitrogens with one attached hydrogen (secondary N) is 1. The molecule has 0 aliphatic rings. The lowest BCUT2D eigenvalue weighted by Crippen LogP contribution is -2.31. The quantitative estimate of drug-likeness (QED) is 0.610. The third-order valence-corrected chi connectivity index (χ3v) is 3.25. The average molecular weight is 236 g/mol. The van der Waals surface area contributed by atoms with Crippen LogP contribution in [-0.2, 0) is 6.54 Å². The summed E-state index contributed by atoms with van der Waals surface area (Å²) >= 11 is 0. The lowest BCUT2D eigenvalue weighted by Gasteiger charge is -2.19. The molecular formula is C13H20N2O2. The molecule has 0 radical (unpaired) electrons. The summed E-state index contributed by atoms with van der Waals surface area (Å²) in [5.41, 5.74) is 1.11. The molecule has 0 spiro atoms. The zero-order chi connectivity index (χ0) is 12.8. The maximum Gasteiger partial charge on any atom is 0.269 e. The lowest BCUT2D eigenvalue weighted by molar-refractivity contribution is -0.384. The van der Waals surface area contributed by atoms with E-state index in [2.05, 4.69) is 26.1 Å². The Labute approximate surface area is 102 Å². The minimum Gasteiger partial charge on any atom is -0.310 e. The van der Waals surface area contributed by atoms with Crippen LogP contribution in [0.1, 0.15) is 32.8 Å². The van der Waals surface area contributed by atoms with Gasteiger partial charge in [-0.2, -0.15) is 0 Å². The Hall–Kier alpha value is -1.42. The minimum atomic E-state index is -0.360. The summed E-state index contributed by atoms with van der Waals surface area (Å²) in [6.45, 7) is 7.18. The normalized spacial score (nSPS) is 14.3. The summed E-state index contributed by atoms with van der Waals surface area (Å²) in [5.74, 6) is 0.605. The third-order valence-electron chi connectivity index (χ3n) is 3.25. The molecule has 1 aromatic carbocycles. The van der Waals surface area contributed by atoms with Gasteiger partial charge in [0.1, 0.15) is 0 Å². The Balaban J connectivity index is 2.57. The maximum absolute atomic E-state index is 10.6. The van der Waals surface area contributed by atoms with Crippen molar-refractivity contribution in [2.75, 3.05) is 0 Å². The van der Waals surface area contributed by atoms with Crippen molar-refractivity contribution < 1.29 is 4.92 Å². The van der Waals surface area contributed by atoms with Crippen LogP contribution in [0.4, 0.5) is 5.69 Å². The Morgan fingerprint density at radius 1 is 1.41 bits per heavy atom. The van der Waals surface area contributed by atoms with Gasteiger partial charge in [-0.15, -0.1) is 0 Å². The zero-order valence-electron chi connectivity index (χ0n) is 10.6. The molecule has 1 aromatic rings. The summed E-state index contributed by atoms with van der Waals surface area (Å²) in [7, 11) is 0. The van der Waals surface area contributed by atoms with Gasteiger partial charge in [0.2, 0.25) is 0 Å². The number of benzene rings is 1. The fourth-order valence-corrected chi connectivity index (χ4v) is 1.61. The number of nitro benzene ring substituents is 1. The molecule has 0 fully saturated rings. The third kappa shape index (κ3) is 4.15. The van der Waals surface area contributed by atoms with Crippen molar-refractivity contribution in [1.82, 2.24) is 5.32 Å². The number of nitrogens with zero attached hydrogens (tertiary/aromatic N) is 1. The first kappa shape index (κ1) is 13.6. The molecule has 4 heteroatoms. The van der Waals surface area contributed by atoms with E-state index >= 15 is 0 Å². The van der Waals surface area contributed by atoms with Gasteiger partial charge in [0, 0.05) is 24.7 Å². The smallest absolute Gasteiger partial charge is 0.269 e. The molecule has 0 aromatic heterocycles. The van der Waals surface area contributed by atoms with Crippen molar-refractivity contribution in [2.24, 2.45) is 5.92 Å². The largest absolute Gasteiger partial charge is 0.310 e. The summed E-state index contributed by atoms with van der Waals surface area (Å²) in [5, 5.41) is 14.0. The van der Waals surface area contributed by atoms with E-state index in [1.165, 1.54) is 6.07 Å². The summed E-state index contributed by atoms with van der Waals surface area (Å²) in [6, 6.07) is 7.18. The Kier molecular flexibility index (Phi) is 5.10. The summed E-state index contributed by atoms with van der Waals surface area (Å²) < 4.78 is 0. The van der Waals surface area contributed by atoms with E-state index in [1.807, 2.05) is 6.07 Å². The van der Waals surface area contributed by atoms with Crippen molar-refractivity contribution in [3.8, 4) is 0 Å². The van der Waals surface area contributed by atoms with Gasteiger partial charge < -0.3 is 5.32 Å². The predicted molar refractivity (Wildman–Crippen MR) is 68.9 cm³/mol. The highest BCUT2D eigenvalue weighted by atomic mass is 16.6. The highest BCUT2D eigenvalue weighted by Crippen LogP contribution is 2.14. The molecular weight excluding hydrogens is 216 g/mol. The first-order valence-electron chi connectivity index (χ1n) is 6.01. The van der Waals surface area contributed by atoms with Crippen molar-refractivity contribution >= 4 is 5.69 Å². The second-order valence-electron chi connectivity index (χ2n) is 4.48. The van der Waals surface area contributed by atoms with Crippen LogP contribution in [0, 0.1) is 16.0 Å². The Bertz CT molecular complexity index is 379. The van der Waals surface area contributed by atoms with Crippen LogP contribution < -0.4 is 5.32 Å². The first-order valence-corrected chi connectivity index (χ1v) is 6.01. The van der Waals surface area contributed by atoms with Gasteiger partial charge in [-0.25, -0.2) is 0 Å². The SMILES string of the molecule is CCC(C)C(C)NCc1cccc([N+](=O)[O-])c1. The second kappa shape index (κ2) is 6.35. The van der Waals surface area contributed by atoms with Gasteiger partial charge in [0.05, 0.1) is 4.92 Å². The Morgan fingerprint density at radius 3 is 2.71 bits per heavy atom. The van der Waals surface area contributed by atoms with Crippen molar-refractivity contribution in [1.29, 1.82) is 0 Å². The fourth-order valence-electron chi connectivity index (χ4n) is 1.61. The van der Waals surface area contributed by atoms with Crippen LogP contribution in [0.2, 0.25) is 0 Å². The van der Waals surface area contributed by atoms with Crippen LogP contribution in [-0.4, -0.2) is 11.0 Å². The summed E-state index contributed by atoms with van der Waals surface area (Å²) in [4.78, 5) is 10.3. The van der Waals surface area contributed by atoms with Gasteiger partial charge >= 0.3 is 0 Å². The molecule has 0 heterocycles. The summed E-state index contributed by atoms with van der Waals surface area (Å²) in [6.07, 6.45) is 1.13. The van der Waals surface area contributed by atoms with Gasteiger partial charge in [-0.1, -0.05) is 32.4 Å². The molecule has 1 rings (SSSR count). The van der Waals surface area contributed by atoms with Crippen LogP contribution >= 0.6 is 0 Å². The molecule has 2 atom stereocenters. The second-order valence-corrected chi connectivity index (χ2v) is 4.48. The molecule has 94 valence electrons. The highest BCUT2D eigenvalue weighted by Gasteiger charge is 2.10. The van der Waals surface area contributed by atoms with E-state index in [4.69, 9.17) is 0 Å². The molecule has 0 bridgehead atoms. The number of non-ortho nitro benzene ring substituents is 1. The molecule has 1 N–H and O–H groups in total. The first-order chi connectivity index (χ1) is 8.04. The van der Waals surface area contributed by atoms with Crippen molar-refractivity contribution in [2.45, 2.75) is 39.8 Å². The standard InChI is InChI=1S/C13H20N2O2/c1-4-10(2)11(3)14-9-12-6-5-7-13(8-12)15(16)17/h5-8,10-11,14H,4,9H2,1-3H3. The van der Waals surface area contributed by atoms with E-state index in [-0.39, 0.29) is 10.6 Å². The van der Waals surface area contributed by atoms with Crippen molar-refractivity contribution in [3.63, 3.8) is 0 Å². The maximum atomic E-state index is 10.6. The molecule has 2 unspecified atom stereocenters. The van der Waals surface area contributed by atoms with Crippen LogP contribution in [0.25, 0.3) is 0 Å². The lowest BCUT2D eigenvalue weighted by atomic mass is 10.0. The van der Waals surface area contributed by atoms with E-state index in [9.17, 15) is 10.1 Å². The van der Waals surface area contributed by atoms with Crippen LogP contribution in [0.5, 0.6) is 0 Å². The minimum absolute atomic E-state index is 0.153. The van der Waals surface area contributed by atoms with E-state index < -0.39 is 0 Å². The monoisotopic (exact) mass is 236 g/mol.